The Kier molecular flexibility index (Phi) is 5.35. The summed E-state index contributed by atoms with van der Waals surface area (Å²) in [6.45, 7) is 8.71. The Hall–Kier alpha value is -1.17. The van der Waals surface area contributed by atoms with Crippen LogP contribution in [0.4, 0.5) is 4.39 Å². The van der Waals surface area contributed by atoms with Crippen LogP contribution in [0.25, 0.3) is 0 Å². The number of rotatable bonds is 4. The smallest absolute Gasteiger partial charge is 0.251 e. The lowest BCUT2D eigenvalue weighted by Gasteiger charge is -2.37. The molecule has 2 fully saturated rings. The number of carbonyl (C=O) groups is 1. The molecule has 1 saturated carbocycles. The molecule has 0 aromatic heterocycles. The molecule has 0 radical (unpaired) electrons. The minimum absolute atomic E-state index is 0.114. The van der Waals surface area contributed by atoms with Gasteiger partial charge in [-0.2, -0.15) is 0 Å². The minimum Gasteiger partial charge on any atom is -0.391 e. The Labute approximate surface area is 159 Å². The van der Waals surface area contributed by atoms with E-state index in [1.807, 2.05) is 20.8 Å². The number of nitrogens with one attached hydrogen (secondary N) is 1. The van der Waals surface area contributed by atoms with E-state index in [2.05, 4.69) is 10.2 Å². The maximum absolute atomic E-state index is 13.4. The highest BCUT2D eigenvalue weighted by atomic mass is 35.5. The molecule has 1 spiro atoms. The van der Waals surface area contributed by atoms with Crippen molar-refractivity contribution in [1.82, 2.24) is 10.2 Å². The largest absolute Gasteiger partial charge is 0.391 e. The number of amides is 1. The number of aliphatic hydroxyl groups is 1. The SMILES string of the molecule is CC(C)(C)C(O)CN1CCC2(CC1)CC2NC(=O)c1cc(F)cc(Cl)c1. The molecule has 0 bridgehead atoms. The third kappa shape index (κ3) is 4.38. The molecule has 4 nitrogen and oxygen atoms in total. The van der Waals surface area contributed by atoms with Crippen molar-refractivity contribution in [3.8, 4) is 0 Å². The van der Waals surface area contributed by atoms with Gasteiger partial charge in [0.2, 0.25) is 0 Å². The van der Waals surface area contributed by atoms with Crippen molar-refractivity contribution >= 4 is 17.5 Å². The third-order valence-corrected chi connectivity index (χ3v) is 6.12. The van der Waals surface area contributed by atoms with Gasteiger partial charge in [-0.15, -0.1) is 0 Å². The summed E-state index contributed by atoms with van der Waals surface area (Å²) in [5.74, 6) is -0.766. The van der Waals surface area contributed by atoms with Crippen molar-refractivity contribution in [1.29, 1.82) is 0 Å². The van der Waals surface area contributed by atoms with Crippen molar-refractivity contribution in [3.05, 3.63) is 34.6 Å². The Morgan fingerprint density at radius 1 is 1.38 bits per heavy atom. The summed E-state index contributed by atoms with van der Waals surface area (Å²) in [7, 11) is 0. The quantitative estimate of drug-likeness (QED) is 0.838. The van der Waals surface area contributed by atoms with E-state index in [-0.39, 0.29) is 39.5 Å². The highest BCUT2D eigenvalue weighted by Crippen LogP contribution is 2.54. The van der Waals surface area contributed by atoms with Crippen molar-refractivity contribution in [2.45, 2.75) is 52.2 Å². The number of hydrogen-bond donors (Lipinski definition) is 2. The molecule has 2 aliphatic rings. The van der Waals surface area contributed by atoms with Gasteiger partial charge in [0, 0.05) is 23.2 Å². The molecule has 2 unspecified atom stereocenters. The standard InChI is InChI=1S/C20H28ClFN2O2/c1-19(2,3)17(25)12-24-6-4-20(5-7-24)11-16(20)23-18(26)13-8-14(21)10-15(22)9-13/h8-10,16-17,25H,4-7,11-12H2,1-3H3,(H,23,26). The van der Waals surface area contributed by atoms with Crippen molar-refractivity contribution in [2.75, 3.05) is 19.6 Å². The van der Waals surface area contributed by atoms with E-state index in [1.165, 1.54) is 18.2 Å². The monoisotopic (exact) mass is 382 g/mol. The van der Waals surface area contributed by atoms with Gasteiger partial charge in [0.05, 0.1) is 6.10 Å². The Bertz CT molecular complexity index is 661. The lowest BCUT2D eigenvalue weighted by molar-refractivity contribution is 0.0166. The number of aliphatic hydroxyl groups excluding tert-OH is 1. The van der Waals surface area contributed by atoms with E-state index < -0.39 is 5.82 Å². The zero-order chi connectivity index (χ0) is 19.1. The van der Waals surface area contributed by atoms with Crippen molar-refractivity contribution < 1.29 is 14.3 Å². The first kappa shape index (κ1) is 19.6. The molecule has 3 rings (SSSR count). The predicted molar refractivity (Wildman–Crippen MR) is 101 cm³/mol. The minimum atomic E-state index is -0.501. The lowest BCUT2D eigenvalue weighted by atomic mass is 9.87. The van der Waals surface area contributed by atoms with E-state index in [4.69, 9.17) is 11.6 Å². The molecule has 1 aromatic rings. The van der Waals surface area contributed by atoms with Crippen LogP contribution in [-0.2, 0) is 0 Å². The van der Waals surface area contributed by atoms with Gasteiger partial charge < -0.3 is 15.3 Å². The van der Waals surface area contributed by atoms with Crippen LogP contribution < -0.4 is 5.32 Å². The topological polar surface area (TPSA) is 52.6 Å². The molecule has 6 heteroatoms. The first-order valence-corrected chi connectivity index (χ1v) is 9.64. The van der Waals surface area contributed by atoms with Crippen LogP contribution in [0.1, 0.15) is 50.4 Å². The first-order chi connectivity index (χ1) is 12.1. The van der Waals surface area contributed by atoms with Gasteiger partial charge in [-0.3, -0.25) is 4.79 Å². The number of benzene rings is 1. The molecule has 1 amide bonds. The highest BCUT2D eigenvalue weighted by Gasteiger charge is 2.55. The molecule has 1 aliphatic carbocycles. The number of hydrogen-bond acceptors (Lipinski definition) is 3. The van der Waals surface area contributed by atoms with Gasteiger partial charge in [-0.25, -0.2) is 4.39 Å². The number of piperidine rings is 1. The summed E-state index contributed by atoms with van der Waals surface area (Å²) in [6.07, 6.45) is 2.65. The molecule has 1 aromatic carbocycles. The Morgan fingerprint density at radius 3 is 2.62 bits per heavy atom. The van der Waals surface area contributed by atoms with Crippen LogP contribution in [0.3, 0.4) is 0 Å². The lowest BCUT2D eigenvalue weighted by Crippen LogP contribution is -2.44. The summed E-state index contributed by atoms with van der Waals surface area (Å²) in [4.78, 5) is 14.7. The second-order valence-corrected chi connectivity index (χ2v) is 9.37. The van der Waals surface area contributed by atoms with E-state index in [0.29, 0.717) is 6.54 Å². The van der Waals surface area contributed by atoms with E-state index >= 15 is 0 Å². The maximum Gasteiger partial charge on any atom is 0.251 e. The second-order valence-electron chi connectivity index (χ2n) is 8.93. The van der Waals surface area contributed by atoms with E-state index in [1.54, 1.807) is 0 Å². The summed E-state index contributed by atoms with van der Waals surface area (Å²) >= 11 is 5.83. The molecular weight excluding hydrogens is 355 g/mol. The van der Waals surface area contributed by atoms with Gasteiger partial charge in [0.15, 0.2) is 0 Å². The number of β-amino-alcohol motifs (C(OH)–C–C–N with tert-alkyl or cyclic N) is 1. The summed E-state index contributed by atoms with van der Waals surface area (Å²) in [5, 5.41) is 13.5. The van der Waals surface area contributed by atoms with Gasteiger partial charge in [-0.1, -0.05) is 32.4 Å². The van der Waals surface area contributed by atoms with Crippen LogP contribution in [0.15, 0.2) is 18.2 Å². The summed E-state index contributed by atoms with van der Waals surface area (Å²) in [5.41, 5.74) is 0.315. The Balaban J connectivity index is 1.50. The summed E-state index contributed by atoms with van der Waals surface area (Å²) < 4.78 is 13.4. The fraction of sp³-hybridized carbons (Fsp3) is 0.650. The molecule has 144 valence electrons. The van der Waals surface area contributed by atoms with E-state index in [9.17, 15) is 14.3 Å². The number of likely N-dealkylation sites (tertiary alicyclic amines) is 1. The molecule has 1 heterocycles. The van der Waals surface area contributed by atoms with Gasteiger partial charge in [0.25, 0.3) is 5.91 Å². The predicted octanol–water partition coefficient (Wildman–Crippen LogP) is 3.47. The van der Waals surface area contributed by atoms with E-state index in [0.717, 1.165) is 32.4 Å². The molecule has 26 heavy (non-hydrogen) atoms. The Morgan fingerprint density at radius 2 is 2.04 bits per heavy atom. The highest BCUT2D eigenvalue weighted by molar-refractivity contribution is 6.31. The average Bonchev–Trinajstić information content (AvgIpc) is 3.19. The zero-order valence-electron chi connectivity index (χ0n) is 15.7. The van der Waals surface area contributed by atoms with Crippen LogP contribution >= 0.6 is 11.6 Å². The average molecular weight is 383 g/mol. The molecule has 1 aliphatic heterocycles. The van der Waals surface area contributed by atoms with Crippen molar-refractivity contribution in [3.63, 3.8) is 0 Å². The maximum atomic E-state index is 13.4. The molecule has 1 saturated heterocycles. The fourth-order valence-electron chi connectivity index (χ4n) is 3.73. The third-order valence-electron chi connectivity index (χ3n) is 5.90. The van der Waals surface area contributed by atoms with Gasteiger partial charge in [-0.05, 0) is 61.4 Å². The number of carbonyl (C=O) groups excluding carboxylic acids is 1. The summed E-state index contributed by atoms with van der Waals surface area (Å²) in [6, 6.07) is 4.04. The van der Waals surface area contributed by atoms with Crippen LogP contribution in [0.2, 0.25) is 5.02 Å². The fourth-order valence-corrected chi connectivity index (χ4v) is 3.95. The van der Waals surface area contributed by atoms with Gasteiger partial charge in [0.1, 0.15) is 5.82 Å². The van der Waals surface area contributed by atoms with Crippen LogP contribution in [0.5, 0.6) is 0 Å². The van der Waals surface area contributed by atoms with Crippen LogP contribution in [0, 0.1) is 16.6 Å². The van der Waals surface area contributed by atoms with Crippen LogP contribution in [-0.4, -0.2) is 47.7 Å². The van der Waals surface area contributed by atoms with Crippen molar-refractivity contribution in [2.24, 2.45) is 10.8 Å². The molecule has 2 atom stereocenters. The molecular formula is C20H28ClFN2O2. The number of nitrogens with zero attached hydrogens (tertiary/aromatic N) is 1. The number of halogens is 2. The zero-order valence-corrected chi connectivity index (χ0v) is 16.4. The van der Waals surface area contributed by atoms with Gasteiger partial charge >= 0.3 is 0 Å². The second kappa shape index (κ2) is 7.10. The normalized spacial score (nSPS) is 23.7. The molecule has 2 N–H and O–H groups in total. The first-order valence-electron chi connectivity index (χ1n) is 9.26.